The SMILES string of the molecule is CC1CCC([SH+]C2=CC=CCC2)CC1. The lowest BCUT2D eigenvalue weighted by Crippen LogP contribution is -2.19. The molecule has 0 aromatic carbocycles. The maximum absolute atomic E-state index is 2.40. The van der Waals surface area contributed by atoms with Crippen LogP contribution in [0.4, 0.5) is 0 Å². The minimum Gasteiger partial charge on any atom is -0.0839 e. The van der Waals surface area contributed by atoms with Crippen LogP contribution in [-0.4, -0.2) is 5.25 Å². The highest BCUT2D eigenvalue weighted by Crippen LogP contribution is 2.28. The first-order valence-electron chi connectivity index (χ1n) is 5.91. The first kappa shape index (κ1) is 10.4. The summed E-state index contributed by atoms with van der Waals surface area (Å²) in [6.07, 6.45) is 15.3. The molecule has 0 radical (unpaired) electrons. The van der Waals surface area contributed by atoms with E-state index in [2.05, 4.69) is 25.2 Å². The minimum absolute atomic E-state index is 0.976. The normalized spacial score (nSPS) is 32.8. The molecule has 0 saturated heterocycles. The van der Waals surface area contributed by atoms with Crippen molar-refractivity contribution in [2.24, 2.45) is 5.92 Å². The molecule has 0 nitrogen and oxygen atoms in total. The Labute approximate surface area is 91.9 Å². The van der Waals surface area contributed by atoms with Crippen LogP contribution in [0.1, 0.15) is 45.4 Å². The van der Waals surface area contributed by atoms with Crippen molar-refractivity contribution in [2.45, 2.75) is 50.7 Å². The number of hydrogen-bond donors (Lipinski definition) is 0. The maximum Gasteiger partial charge on any atom is 0.130 e. The molecule has 2 rings (SSSR count). The van der Waals surface area contributed by atoms with Crippen molar-refractivity contribution < 1.29 is 0 Å². The Balaban J connectivity index is 1.80. The fraction of sp³-hybridized carbons (Fsp3) is 0.692. The summed E-state index contributed by atoms with van der Waals surface area (Å²) in [6, 6.07) is 0. The number of thiol groups is 1. The van der Waals surface area contributed by atoms with Gasteiger partial charge < -0.3 is 0 Å². The van der Waals surface area contributed by atoms with Gasteiger partial charge in [-0.3, -0.25) is 0 Å². The van der Waals surface area contributed by atoms with Crippen LogP contribution in [-0.2, 0) is 11.8 Å². The Morgan fingerprint density at radius 1 is 1.21 bits per heavy atom. The predicted octanol–water partition coefficient (Wildman–Crippen LogP) is 3.61. The summed E-state index contributed by atoms with van der Waals surface area (Å²) >= 11 is 1.64. The molecule has 0 N–H and O–H groups in total. The van der Waals surface area contributed by atoms with Crippen LogP contribution in [0.3, 0.4) is 0 Å². The minimum atomic E-state index is 0.976. The lowest BCUT2D eigenvalue weighted by Gasteiger charge is -2.21. The quantitative estimate of drug-likeness (QED) is 0.481. The van der Waals surface area contributed by atoms with E-state index in [9.17, 15) is 0 Å². The smallest absolute Gasteiger partial charge is 0.0839 e. The van der Waals surface area contributed by atoms with Gasteiger partial charge in [0.1, 0.15) is 10.2 Å². The molecule has 2 aliphatic rings. The first-order chi connectivity index (χ1) is 6.84. The lowest BCUT2D eigenvalue weighted by atomic mass is 9.91. The average Bonchev–Trinajstić information content (AvgIpc) is 2.23. The van der Waals surface area contributed by atoms with Gasteiger partial charge in [-0.1, -0.05) is 19.1 Å². The van der Waals surface area contributed by atoms with Crippen molar-refractivity contribution in [1.82, 2.24) is 0 Å². The molecule has 0 aliphatic heterocycles. The number of allylic oxidation sites excluding steroid dienone is 4. The van der Waals surface area contributed by atoms with E-state index in [-0.39, 0.29) is 0 Å². The van der Waals surface area contributed by atoms with Gasteiger partial charge >= 0.3 is 0 Å². The molecule has 0 aromatic heterocycles. The van der Waals surface area contributed by atoms with Gasteiger partial charge in [-0.2, -0.15) is 0 Å². The summed E-state index contributed by atoms with van der Waals surface area (Å²) < 4.78 is 0. The molecular formula is C13H21S+. The van der Waals surface area contributed by atoms with Crippen LogP contribution in [0, 0.1) is 5.92 Å². The molecule has 0 amide bonds. The van der Waals surface area contributed by atoms with E-state index in [4.69, 9.17) is 0 Å². The summed E-state index contributed by atoms with van der Waals surface area (Å²) in [4.78, 5) is 1.67. The van der Waals surface area contributed by atoms with E-state index in [1.54, 1.807) is 16.7 Å². The summed E-state index contributed by atoms with van der Waals surface area (Å²) in [6.45, 7) is 2.40. The maximum atomic E-state index is 2.40. The van der Waals surface area contributed by atoms with Crippen molar-refractivity contribution in [3.63, 3.8) is 0 Å². The van der Waals surface area contributed by atoms with Crippen molar-refractivity contribution in [1.29, 1.82) is 0 Å². The molecule has 1 saturated carbocycles. The third-order valence-corrected chi connectivity index (χ3v) is 4.91. The zero-order chi connectivity index (χ0) is 9.80. The molecule has 0 spiro atoms. The van der Waals surface area contributed by atoms with Crippen LogP contribution < -0.4 is 0 Å². The van der Waals surface area contributed by atoms with Gasteiger partial charge in [0.15, 0.2) is 0 Å². The van der Waals surface area contributed by atoms with Gasteiger partial charge in [-0.25, -0.2) is 0 Å². The van der Waals surface area contributed by atoms with E-state index < -0.39 is 0 Å². The second kappa shape index (κ2) is 5.06. The summed E-state index contributed by atoms with van der Waals surface area (Å²) in [5, 5.41) is 0.976. The molecular weight excluding hydrogens is 188 g/mol. The topological polar surface area (TPSA) is 0 Å². The molecule has 0 atom stereocenters. The average molecular weight is 209 g/mol. The van der Waals surface area contributed by atoms with Gasteiger partial charge in [0.05, 0.1) is 0 Å². The van der Waals surface area contributed by atoms with Gasteiger partial charge in [0.25, 0.3) is 0 Å². The lowest BCUT2D eigenvalue weighted by molar-refractivity contribution is 0.393. The summed E-state index contributed by atoms with van der Waals surface area (Å²) in [5.74, 6) is 0.988. The highest BCUT2D eigenvalue weighted by atomic mass is 32.2. The standard InChI is InChI=1S/C13H20S/c1-11-7-9-13(10-8-11)14-12-5-3-2-4-6-12/h2-3,5,11,13H,4,6-10H2,1H3/p+1. The molecule has 2 aliphatic carbocycles. The second-order valence-corrected chi connectivity index (χ2v) is 6.23. The van der Waals surface area contributed by atoms with Gasteiger partial charge in [-0.05, 0) is 44.1 Å². The molecule has 0 unspecified atom stereocenters. The van der Waals surface area contributed by atoms with Crippen LogP contribution in [0.2, 0.25) is 0 Å². The second-order valence-electron chi connectivity index (χ2n) is 4.67. The van der Waals surface area contributed by atoms with Gasteiger partial charge in [0.2, 0.25) is 0 Å². The van der Waals surface area contributed by atoms with E-state index in [0.29, 0.717) is 0 Å². The van der Waals surface area contributed by atoms with Crippen molar-refractivity contribution in [3.05, 3.63) is 23.1 Å². The third kappa shape index (κ3) is 2.91. The molecule has 0 bridgehead atoms. The zero-order valence-electron chi connectivity index (χ0n) is 9.08. The van der Waals surface area contributed by atoms with Crippen LogP contribution in [0.25, 0.3) is 0 Å². The zero-order valence-corrected chi connectivity index (χ0v) is 9.97. The molecule has 0 heterocycles. The van der Waals surface area contributed by atoms with Crippen molar-refractivity contribution >= 4 is 11.8 Å². The van der Waals surface area contributed by atoms with Crippen LogP contribution >= 0.6 is 0 Å². The summed E-state index contributed by atoms with van der Waals surface area (Å²) in [5.41, 5.74) is 0. The molecule has 0 aromatic rings. The number of hydrogen-bond acceptors (Lipinski definition) is 0. The van der Waals surface area contributed by atoms with Crippen LogP contribution in [0.5, 0.6) is 0 Å². The van der Waals surface area contributed by atoms with E-state index >= 15 is 0 Å². The fourth-order valence-electron chi connectivity index (χ4n) is 2.30. The Morgan fingerprint density at radius 3 is 2.64 bits per heavy atom. The van der Waals surface area contributed by atoms with E-state index in [1.165, 1.54) is 38.5 Å². The fourth-order valence-corrected chi connectivity index (χ4v) is 3.76. The predicted molar refractivity (Wildman–Crippen MR) is 66.6 cm³/mol. The summed E-state index contributed by atoms with van der Waals surface area (Å²) in [7, 11) is 0. The largest absolute Gasteiger partial charge is 0.130 e. The van der Waals surface area contributed by atoms with Crippen molar-refractivity contribution in [2.75, 3.05) is 0 Å². The number of rotatable bonds is 2. The third-order valence-electron chi connectivity index (χ3n) is 3.33. The Kier molecular flexibility index (Phi) is 3.74. The van der Waals surface area contributed by atoms with E-state index in [0.717, 1.165) is 11.2 Å². The highest BCUT2D eigenvalue weighted by molar-refractivity contribution is 7.83. The molecule has 1 heteroatoms. The first-order valence-corrected chi connectivity index (χ1v) is 6.87. The van der Waals surface area contributed by atoms with Gasteiger partial charge in [-0.15, -0.1) is 0 Å². The Hall–Kier alpha value is -0.170. The van der Waals surface area contributed by atoms with E-state index in [1.807, 2.05) is 0 Å². The van der Waals surface area contributed by atoms with Gasteiger partial charge in [0, 0.05) is 18.2 Å². The Bertz CT molecular complexity index is 232. The van der Waals surface area contributed by atoms with Crippen molar-refractivity contribution in [3.8, 4) is 0 Å². The molecule has 14 heavy (non-hydrogen) atoms. The molecule has 78 valence electrons. The van der Waals surface area contributed by atoms with Crippen LogP contribution in [0.15, 0.2) is 23.1 Å². The highest BCUT2D eigenvalue weighted by Gasteiger charge is 2.25. The Morgan fingerprint density at radius 2 is 2.00 bits per heavy atom. The molecule has 1 fully saturated rings. The monoisotopic (exact) mass is 209 g/mol.